The monoisotopic (exact) mass is 1180 g/mol. The molecule has 3 unspecified atom stereocenters. The van der Waals surface area contributed by atoms with Gasteiger partial charge in [0.15, 0.2) is 6.10 Å². The third-order valence-corrected chi connectivity index (χ3v) is 17.1. The van der Waals surface area contributed by atoms with Gasteiger partial charge in [-0.1, -0.05) is 328 Å². The standard InChI is InChI=1S/C70H135O11P/c1-4-7-10-13-16-19-22-25-28-31-33-36-38-41-44-47-50-53-56-59-68(72)77-63-67(81-70(74)61-58-55-52-49-46-43-40-37-34-32-29-26-23-20-17-14-11-8-5-2)65-79-82(75,76)78-64-66(62-71)80-69(73)60-57-54-51-48-45-42-39-35-30-27-24-21-18-15-12-9-6-3/h25,28,66-67,71H,4-24,26-27,29-65H2,1-3H3,(H,75,76)/b28-25-. The molecule has 0 saturated heterocycles. The first-order valence-corrected chi connectivity index (χ1v) is 37.1. The molecule has 3 atom stereocenters. The van der Waals surface area contributed by atoms with Crippen molar-refractivity contribution in [3.05, 3.63) is 12.2 Å². The number of allylic oxidation sites excluding steroid dienone is 2. The first-order chi connectivity index (χ1) is 40.2. The Balaban J connectivity index is 4.61. The molecule has 0 saturated carbocycles. The fourth-order valence-corrected chi connectivity index (χ4v) is 11.6. The topological polar surface area (TPSA) is 155 Å². The molecule has 0 heterocycles. The summed E-state index contributed by atoms with van der Waals surface area (Å²) >= 11 is 0. The highest BCUT2D eigenvalue weighted by Gasteiger charge is 2.28. The average molecular weight is 1180 g/mol. The van der Waals surface area contributed by atoms with Crippen LogP contribution in [0.4, 0.5) is 0 Å². The second-order valence-electron chi connectivity index (χ2n) is 24.4. The zero-order valence-corrected chi connectivity index (χ0v) is 55.1. The molecule has 0 fully saturated rings. The molecule has 0 spiro atoms. The van der Waals surface area contributed by atoms with Crippen LogP contribution < -0.4 is 0 Å². The summed E-state index contributed by atoms with van der Waals surface area (Å²) in [6, 6.07) is 0. The van der Waals surface area contributed by atoms with Crippen molar-refractivity contribution in [3.8, 4) is 0 Å². The average Bonchev–Trinajstić information content (AvgIpc) is 3.47. The van der Waals surface area contributed by atoms with Gasteiger partial charge in [-0.3, -0.25) is 23.4 Å². The molecular weight excluding hydrogens is 1050 g/mol. The van der Waals surface area contributed by atoms with Crippen LogP contribution in [-0.2, 0) is 42.2 Å². The van der Waals surface area contributed by atoms with Crippen LogP contribution in [0.2, 0.25) is 0 Å². The van der Waals surface area contributed by atoms with E-state index in [9.17, 15) is 28.9 Å². The number of aliphatic hydroxyl groups excluding tert-OH is 1. The Morgan fingerprint density at radius 1 is 0.329 bits per heavy atom. The lowest BCUT2D eigenvalue weighted by Gasteiger charge is -2.21. The Morgan fingerprint density at radius 3 is 0.841 bits per heavy atom. The van der Waals surface area contributed by atoms with Crippen LogP contribution in [0.3, 0.4) is 0 Å². The first-order valence-electron chi connectivity index (χ1n) is 35.6. The van der Waals surface area contributed by atoms with Crippen LogP contribution in [0.1, 0.15) is 380 Å². The van der Waals surface area contributed by atoms with E-state index in [1.807, 2.05) is 0 Å². The summed E-state index contributed by atoms with van der Waals surface area (Å²) in [4.78, 5) is 48.9. The zero-order chi connectivity index (χ0) is 59.8. The number of phosphoric acid groups is 1. The summed E-state index contributed by atoms with van der Waals surface area (Å²) < 4.78 is 39.9. The number of rotatable bonds is 68. The van der Waals surface area contributed by atoms with Crippen LogP contribution >= 0.6 is 7.82 Å². The van der Waals surface area contributed by atoms with E-state index in [-0.39, 0.29) is 25.9 Å². The number of unbranched alkanes of at least 4 members (excludes halogenated alkanes) is 49. The van der Waals surface area contributed by atoms with Crippen LogP contribution in [0.15, 0.2) is 12.2 Å². The van der Waals surface area contributed by atoms with Crippen molar-refractivity contribution >= 4 is 25.7 Å². The Bertz CT molecular complexity index is 1430. The van der Waals surface area contributed by atoms with Crippen molar-refractivity contribution < 1.29 is 52.2 Å². The smallest absolute Gasteiger partial charge is 0.462 e. The number of hydrogen-bond donors (Lipinski definition) is 2. The normalized spacial score (nSPS) is 13.2. The first kappa shape index (κ1) is 80.2. The van der Waals surface area contributed by atoms with Crippen molar-refractivity contribution in [1.29, 1.82) is 0 Å². The highest BCUT2D eigenvalue weighted by atomic mass is 31.2. The molecule has 0 aromatic rings. The number of esters is 3. The van der Waals surface area contributed by atoms with Gasteiger partial charge < -0.3 is 24.2 Å². The number of hydrogen-bond acceptors (Lipinski definition) is 10. The number of carbonyl (C=O) groups excluding carboxylic acids is 3. The van der Waals surface area contributed by atoms with E-state index in [0.29, 0.717) is 19.3 Å². The van der Waals surface area contributed by atoms with E-state index in [2.05, 4.69) is 32.9 Å². The summed E-state index contributed by atoms with van der Waals surface area (Å²) in [6.45, 7) is 4.76. The Labute approximate surface area is 506 Å². The number of aliphatic hydroxyl groups is 1. The fourth-order valence-electron chi connectivity index (χ4n) is 10.8. The number of ether oxygens (including phenoxy) is 3. The minimum Gasteiger partial charge on any atom is -0.462 e. The van der Waals surface area contributed by atoms with Crippen LogP contribution in [0.5, 0.6) is 0 Å². The predicted molar refractivity (Wildman–Crippen MR) is 344 cm³/mol. The van der Waals surface area contributed by atoms with E-state index in [0.717, 1.165) is 57.8 Å². The molecule has 0 aromatic carbocycles. The largest absolute Gasteiger partial charge is 0.472 e. The Morgan fingerprint density at radius 2 is 0.561 bits per heavy atom. The maximum atomic E-state index is 13.0. The molecule has 11 nitrogen and oxygen atoms in total. The Hall–Kier alpha value is -1.78. The second kappa shape index (κ2) is 65.2. The second-order valence-corrected chi connectivity index (χ2v) is 25.9. The SMILES string of the molecule is CCCCCCCC/C=C\CCCCCCCCCCCC(=O)OCC(COP(=O)(O)OCC(CO)OC(=O)CCCCCCCCCCCCCCCCCCC)OC(=O)CCCCCCCCCCCCCCCCCCCCC. The fraction of sp³-hybridized carbons (Fsp3) is 0.929. The summed E-state index contributed by atoms with van der Waals surface area (Å²) in [5.74, 6) is -1.42. The molecule has 0 radical (unpaired) electrons. The highest BCUT2D eigenvalue weighted by Crippen LogP contribution is 2.43. The van der Waals surface area contributed by atoms with Gasteiger partial charge in [0.05, 0.1) is 19.8 Å². The van der Waals surface area contributed by atoms with Crippen molar-refractivity contribution in [2.75, 3.05) is 26.4 Å². The summed E-state index contributed by atoms with van der Waals surface area (Å²) in [5.41, 5.74) is 0. The molecule has 0 rings (SSSR count). The van der Waals surface area contributed by atoms with E-state index in [4.69, 9.17) is 23.3 Å². The van der Waals surface area contributed by atoms with Gasteiger partial charge in [0, 0.05) is 19.3 Å². The molecule has 0 aliphatic heterocycles. The van der Waals surface area contributed by atoms with E-state index < -0.39 is 57.8 Å². The van der Waals surface area contributed by atoms with Crippen LogP contribution in [0, 0.1) is 0 Å². The van der Waals surface area contributed by atoms with Gasteiger partial charge in [-0.15, -0.1) is 0 Å². The van der Waals surface area contributed by atoms with Gasteiger partial charge in [-0.05, 0) is 44.9 Å². The molecule has 82 heavy (non-hydrogen) atoms. The molecule has 0 bridgehead atoms. The molecule has 486 valence electrons. The van der Waals surface area contributed by atoms with Gasteiger partial charge in [0.2, 0.25) is 0 Å². The summed E-state index contributed by atoms with van der Waals surface area (Å²) in [7, 11) is -4.75. The van der Waals surface area contributed by atoms with Gasteiger partial charge >= 0.3 is 25.7 Å². The van der Waals surface area contributed by atoms with Crippen molar-refractivity contribution in [2.24, 2.45) is 0 Å². The van der Waals surface area contributed by atoms with Crippen LogP contribution in [-0.4, -0.2) is 66.5 Å². The maximum absolute atomic E-state index is 13.0. The molecule has 2 N–H and O–H groups in total. The van der Waals surface area contributed by atoms with Gasteiger partial charge in [-0.25, -0.2) is 4.57 Å². The number of phosphoric ester groups is 1. The van der Waals surface area contributed by atoms with Crippen LogP contribution in [0.25, 0.3) is 0 Å². The third-order valence-electron chi connectivity index (χ3n) is 16.2. The quantitative estimate of drug-likeness (QED) is 0.0197. The lowest BCUT2D eigenvalue weighted by molar-refractivity contribution is -0.161. The molecule has 0 amide bonds. The van der Waals surface area contributed by atoms with Gasteiger partial charge in [-0.2, -0.15) is 0 Å². The molecule has 12 heteroatoms. The minimum absolute atomic E-state index is 0.177. The minimum atomic E-state index is -4.75. The van der Waals surface area contributed by atoms with Crippen molar-refractivity contribution in [2.45, 2.75) is 393 Å². The summed E-state index contributed by atoms with van der Waals surface area (Å²) in [5, 5.41) is 9.88. The number of carbonyl (C=O) groups is 3. The molecule has 0 aliphatic carbocycles. The van der Waals surface area contributed by atoms with E-state index in [1.54, 1.807) is 0 Å². The van der Waals surface area contributed by atoms with E-state index in [1.165, 1.54) is 263 Å². The van der Waals surface area contributed by atoms with E-state index >= 15 is 0 Å². The molecular formula is C70H135O11P. The molecule has 0 aliphatic rings. The summed E-state index contributed by atoms with van der Waals surface area (Å²) in [6.07, 6.45) is 68.7. The maximum Gasteiger partial charge on any atom is 0.472 e. The third kappa shape index (κ3) is 62.7. The highest BCUT2D eigenvalue weighted by molar-refractivity contribution is 7.47. The Kier molecular flexibility index (Phi) is 63.8. The lowest BCUT2D eigenvalue weighted by atomic mass is 10.0. The lowest BCUT2D eigenvalue weighted by Crippen LogP contribution is -2.30. The predicted octanol–water partition coefficient (Wildman–Crippen LogP) is 21.9. The van der Waals surface area contributed by atoms with Gasteiger partial charge in [0.25, 0.3) is 0 Å². The van der Waals surface area contributed by atoms with Crippen molar-refractivity contribution in [3.63, 3.8) is 0 Å². The molecule has 0 aromatic heterocycles. The van der Waals surface area contributed by atoms with Gasteiger partial charge in [0.1, 0.15) is 12.7 Å². The zero-order valence-electron chi connectivity index (χ0n) is 54.3. The van der Waals surface area contributed by atoms with Crippen molar-refractivity contribution in [1.82, 2.24) is 0 Å².